The van der Waals surface area contributed by atoms with Crippen molar-refractivity contribution in [2.24, 2.45) is 0 Å². The molecule has 1 heterocycles. The number of aromatic nitrogens is 1. The van der Waals surface area contributed by atoms with Crippen LogP contribution in [0.25, 0.3) is 0 Å². The highest BCUT2D eigenvalue weighted by Crippen LogP contribution is 2.19. The van der Waals surface area contributed by atoms with Crippen molar-refractivity contribution in [3.8, 4) is 0 Å². The van der Waals surface area contributed by atoms with Crippen molar-refractivity contribution < 1.29 is 18.3 Å². The fraction of sp³-hybridized carbons (Fsp3) is 0.231. The van der Waals surface area contributed by atoms with Crippen molar-refractivity contribution in [3.63, 3.8) is 0 Å². The minimum absolute atomic E-state index is 0.0250. The van der Waals surface area contributed by atoms with Crippen molar-refractivity contribution in [2.45, 2.75) is 25.3 Å². The van der Waals surface area contributed by atoms with Gasteiger partial charge in [0.15, 0.2) is 0 Å². The summed E-state index contributed by atoms with van der Waals surface area (Å²) < 4.78 is 27.0. The molecule has 0 unspecified atom stereocenters. The maximum Gasteiger partial charge on any atom is 0.335 e. The average molecular weight is 326 g/mol. The topological polar surface area (TPSA) is 96.4 Å². The number of rotatable bonds is 5. The Balaban J connectivity index is 2.27. The summed E-state index contributed by atoms with van der Waals surface area (Å²) in [4.78, 5) is 15.2. The molecule has 0 amide bonds. The van der Waals surface area contributed by atoms with E-state index in [0.29, 0.717) is 5.01 Å². The summed E-state index contributed by atoms with van der Waals surface area (Å²) in [6, 6.07) is 4.18. The normalized spacial score (nSPS) is 11.5. The molecule has 1 aromatic carbocycles. The summed E-state index contributed by atoms with van der Waals surface area (Å²) in [5, 5.41) is 11.5. The quantitative estimate of drug-likeness (QED) is 0.875. The summed E-state index contributed by atoms with van der Waals surface area (Å²) in [6.45, 7) is 3.39. The van der Waals surface area contributed by atoms with Crippen molar-refractivity contribution in [2.75, 3.05) is 0 Å². The van der Waals surface area contributed by atoms with Crippen LogP contribution in [0.4, 0.5) is 0 Å². The van der Waals surface area contributed by atoms with Gasteiger partial charge in [-0.15, -0.1) is 11.3 Å². The number of carboxylic acids is 1. The SMILES string of the molecule is Cc1csc(CNS(=O)(=O)c2cccc(C(=O)O)c2C)n1. The van der Waals surface area contributed by atoms with Crippen LogP contribution in [0.15, 0.2) is 28.5 Å². The van der Waals surface area contributed by atoms with Gasteiger partial charge in [-0.05, 0) is 31.5 Å². The van der Waals surface area contributed by atoms with Gasteiger partial charge in [0.1, 0.15) is 5.01 Å². The molecule has 6 nitrogen and oxygen atoms in total. The first-order valence-corrected chi connectivity index (χ1v) is 8.41. The van der Waals surface area contributed by atoms with Gasteiger partial charge in [0.05, 0.1) is 17.0 Å². The van der Waals surface area contributed by atoms with E-state index in [1.807, 2.05) is 12.3 Å². The van der Waals surface area contributed by atoms with E-state index >= 15 is 0 Å². The van der Waals surface area contributed by atoms with Gasteiger partial charge >= 0.3 is 5.97 Å². The maximum absolute atomic E-state index is 12.3. The van der Waals surface area contributed by atoms with Gasteiger partial charge in [0.25, 0.3) is 0 Å². The Labute approximate surface area is 126 Å². The molecule has 0 saturated heterocycles. The third-order valence-electron chi connectivity index (χ3n) is 2.88. The Morgan fingerprint density at radius 1 is 1.38 bits per heavy atom. The highest BCUT2D eigenvalue weighted by molar-refractivity contribution is 7.89. The Kier molecular flexibility index (Phi) is 4.40. The van der Waals surface area contributed by atoms with E-state index in [4.69, 9.17) is 5.11 Å². The fourth-order valence-electron chi connectivity index (χ4n) is 1.86. The highest BCUT2D eigenvalue weighted by atomic mass is 32.2. The van der Waals surface area contributed by atoms with E-state index in [1.165, 1.54) is 36.5 Å². The molecular formula is C13H14N2O4S2. The summed E-state index contributed by atoms with van der Waals surface area (Å²) >= 11 is 1.37. The van der Waals surface area contributed by atoms with E-state index in [-0.39, 0.29) is 22.6 Å². The largest absolute Gasteiger partial charge is 0.478 e. The second-order valence-electron chi connectivity index (χ2n) is 4.44. The molecule has 1 aromatic heterocycles. The van der Waals surface area contributed by atoms with Crippen LogP contribution in [0.5, 0.6) is 0 Å². The molecule has 0 bridgehead atoms. The number of carboxylic acid groups (broad SMARTS) is 1. The molecule has 2 N–H and O–H groups in total. The maximum atomic E-state index is 12.3. The molecule has 0 aliphatic carbocycles. The highest BCUT2D eigenvalue weighted by Gasteiger charge is 2.20. The van der Waals surface area contributed by atoms with Gasteiger partial charge in [0.2, 0.25) is 10.0 Å². The average Bonchev–Trinajstić information content (AvgIpc) is 2.82. The number of thiazole rings is 1. The molecule has 0 aliphatic rings. The van der Waals surface area contributed by atoms with Gasteiger partial charge in [-0.1, -0.05) is 6.07 Å². The Morgan fingerprint density at radius 2 is 2.10 bits per heavy atom. The Morgan fingerprint density at radius 3 is 2.67 bits per heavy atom. The molecule has 8 heteroatoms. The third-order valence-corrected chi connectivity index (χ3v) is 5.40. The Hall–Kier alpha value is -1.77. The van der Waals surface area contributed by atoms with Crippen LogP contribution in [0.3, 0.4) is 0 Å². The van der Waals surface area contributed by atoms with Gasteiger partial charge in [-0.2, -0.15) is 0 Å². The number of benzene rings is 1. The predicted molar refractivity (Wildman–Crippen MR) is 79.0 cm³/mol. The van der Waals surface area contributed by atoms with E-state index in [1.54, 1.807) is 0 Å². The van der Waals surface area contributed by atoms with Crippen LogP contribution >= 0.6 is 11.3 Å². The number of aryl methyl sites for hydroxylation is 1. The second kappa shape index (κ2) is 5.92. The smallest absolute Gasteiger partial charge is 0.335 e. The summed E-state index contributed by atoms with van der Waals surface area (Å²) in [6.07, 6.45) is 0. The lowest BCUT2D eigenvalue weighted by Crippen LogP contribution is -2.24. The summed E-state index contributed by atoms with van der Waals surface area (Å²) in [5.41, 5.74) is 1.02. The van der Waals surface area contributed by atoms with E-state index in [9.17, 15) is 13.2 Å². The standard InChI is InChI=1S/C13H14N2O4S2/c1-8-7-20-12(15-8)6-14-21(18,19)11-5-3-4-10(9(11)2)13(16)17/h3-5,7,14H,6H2,1-2H3,(H,16,17). The zero-order valence-corrected chi connectivity index (χ0v) is 13.1. The summed E-state index contributed by atoms with van der Waals surface area (Å²) in [7, 11) is -3.78. The Bertz CT molecular complexity index is 781. The molecule has 21 heavy (non-hydrogen) atoms. The molecule has 0 aliphatic heterocycles. The molecule has 112 valence electrons. The van der Waals surface area contributed by atoms with E-state index in [2.05, 4.69) is 9.71 Å². The van der Waals surface area contributed by atoms with Gasteiger partial charge in [0, 0.05) is 11.1 Å². The molecular weight excluding hydrogens is 312 g/mol. The van der Waals surface area contributed by atoms with Crippen LogP contribution < -0.4 is 4.72 Å². The first-order valence-electron chi connectivity index (χ1n) is 6.05. The van der Waals surface area contributed by atoms with Crippen molar-refractivity contribution in [1.29, 1.82) is 0 Å². The van der Waals surface area contributed by atoms with Crippen molar-refractivity contribution in [1.82, 2.24) is 9.71 Å². The van der Waals surface area contributed by atoms with Crippen LogP contribution in [0.2, 0.25) is 0 Å². The molecule has 0 radical (unpaired) electrons. The first-order chi connectivity index (χ1) is 9.81. The molecule has 0 spiro atoms. The number of carbonyl (C=O) groups is 1. The number of hydrogen-bond acceptors (Lipinski definition) is 5. The van der Waals surface area contributed by atoms with Crippen molar-refractivity contribution >= 4 is 27.3 Å². The van der Waals surface area contributed by atoms with Crippen LogP contribution in [0.1, 0.15) is 26.6 Å². The summed E-state index contributed by atoms with van der Waals surface area (Å²) in [5.74, 6) is -1.15. The lowest BCUT2D eigenvalue weighted by atomic mass is 10.1. The monoisotopic (exact) mass is 326 g/mol. The number of sulfonamides is 1. The van der Waals surface area contributed by atoms with Gasteiger partial charge < -0.3 is 5.11 Å². The minimum Gasteiger partial charge on any atom is -0.478 e. The molecule has 2 aromatic rings. The molecule has 2 rings (SSSR count). The first kappa shape index (κ1) is 15.6. The number of hydrogen-bond donors (Lipinski definition) is 2. The lowest BCUT2D eigenvalue weighted by molar-refractivity contribution is 0.0696. The second-order valence-corrected chi connectivity index (χ2v) is 7.12. The minimum atomic E-state index is -3.78. The van der Waals surface area contributed by atoms with E-state index in [0.717, 1.165) is 5.69 Å². The fourth-order valence-corrected chi connectivity index (χ4v) is 3.91. The zero-order valence-electron chi connectivity index (χ0n) is 11.5. The van der Waals surface area contributed by atoms with Crippen LogP contribution in [-0.2, 0) is 16.6 Å². The zero-order chi connectivity index (χ0) is 15.6. The predicted octanol–water partition coefficient (Wildman–Crippen LogP) is 1.94. The van der Waals surface area contributed by atoms with Crippen LogP contribution in [-0.4, -0.2) is 24.5 Å². The molecule has 0 saturated carbocycles. The molecule has 0 fully saturated rings. The van der Waals surface area contributed by atoms with Gasteiger partial charge in [-0.3, -0.25) is 0 Å². The van der Waals surface area contributed by atoms with E-state index < -0.39 is 16.0 Å². The van der Waals surface area contributed by atoms with Crippen molar-refractivity contribution in [3.05, 3.63) is 45.4 Å². The third kappa shape index (κ3) is 3.46. The van der Waals surface area contributed by atoms with Gasteiger partial charge in [-0.25, -0.2) is 22.9 Å². The molecule has 0 atom stereocenters. The lowest BCUT2D eigenvalue weighted by Gasteiger charge is -2.10. The number of aromatic carboxylic acids is 1. The van der Waals surface area contributed by atoms with Crippen LogP contribution in [0, 0.1) is 13.8 Å². The number of nitrogens with one attached hydrogen (secondary N) is 1. The number of nitrogens with zero attached hydrogens (tertiary/aromatic N) is 1.